The molecule has 1 aromatic carbocycles. The van der Waals surface area contributed by atoms with Crippen molar-refractivity contribution < 1.29 is 4.74 Å². The van der Waals surface area contributed by atoms with Crippen molar-refractivity contribution in [2.24, 2.45) is 0 Å². The van der Waals surface area contributed by atoms with Crippen molar-refractivity contribution in [2.75, 3.05) is 6.61 Å². The van der Waals surface area contributed by atoms with Crippen LogP contribution >= 0.6 is 15.9 Å². The Morgan fingerprint density at radius 3 is 2.69 bits per heavy atom. The minimum atomic E-state index is -0.306. The van der Waals surface area contributed by atoms with E-state index >= 15 is 0 Å². The van der Waals surface area contributed by atoms with Crippen LogP contribution in [0.4, 0.5) is 0 Å². The molecule has 0 aromatic heterocycles. The van der Waals surface area contributed by atoms with Crippen molar-refractivity contribution in [3.63, 3.8) is 0 Å². The van der Waals surface area contributed by atoms with Crippen LogP contribution in [0.25, 0.3) is 0 Å². The normalized spacial score (nSPS) is 23.9. The second kappa shape index (κ2) is 4.40. The van der Waals surface area contributed by atoms with Crippen molar-refractivity contribution in [3.05, 3.63) is 71.3 Å². The third-order valence-corrected chi connectivity index (χ3v) is 3.20. The van der Waals surface area contributed by atoms with Gasteiger partial charge in [-0.3, -0.25) is 0 Å². The highest BCUT2D eigenvalue weighted by atomic mass is 79.9. The fourth-order valence-corrected chi connectivity index (χ4v) is 2.21. The lowest BCUT2D eigenvalue weighted by Crippen LogP contribution is -2.10. The molecular weight excluding hydrogens is 264 g/mol. The summed E-state index contributed by atoms with van der Waals surface area (Å²) < 4.78 is 6.69. The lowest BCUT2D eigenvalue weighted by atomic mass is 9.91. The highest BCUT2D eigenvalue weighted by Crippen LogP contribution is 2.46. The average molecular weight is 277 g/mol. The fourth-order valence-electron chi connectivity index (χ4n) is 1.81. The van der Waals surface area contributed by atoms with Gasteiger partial charge in [0, 0.05) is 4.47 Å². The van der Waals surface area contributed by atoms with Gasteiger partial charge in [-0.25, -0.2) is 0 Å². The van der Waals surface area contributed by atoms with Gasteiger partial charge in [0.1, 0.15) is 5.60 Å². The maximum atomic E-state index is 5.63. The highest BCUT2D eigenvalue weighted by Gasteiger charge is 2.48. The average Bonchev–Trinajstić information content (AvgIpc) is 3.07. The highest BCUT2D eigenvalue weighted by molar-refractivity contribution is 9.10. The van der Waals surface area contributed by atoms with Crippen LogP contribution in [0.2, 0.25) is 0 Å². The summed E-state index contributed by atoms with van der Waals surface area (Å²) in [7, 11) is 0. The summed E-state index contributed by atoms with van der Waals surface area (Å²) >= 11 is 3.47. The largest absolute Gasteiger partial charge is 0.359 e. The summed E-state index contributed by atoms with van der Waals surface area (Å²) in [6.07, 6.45) is 5.54. The third-order valence-electron chi connectivity index (χ3n) is 2.71. The molecule has 82 valence electrons. The van der Waals surface area contributed by atoms with Crippen LogP contribution in [-0.2, 0) is 10.3 Å². The standard InChI is InChI=1S/C14H13BrO/c1-3-6-11(4-2)14(10-16-14)12-7-5-8-13(15)9-12/h3-9H,1-2,10H2. The Bertz CT molecular complexity index is 456. The Hall–Kier alpha value is -1.12. The van der Waals surface area contributed by atoms with Crippen LogP contribution in [0.1, 0.15) is 5.56 Å². The summed E-state index contributed by atoms with van der Waals surface area (Å²) in [6.45, 7) is 8.24. The molecule has 0 amide bonds. The maximum absolute atomic E-state index is 5.63. The number of benzene rings is 1. The summed E-state index contributed by atoms with van der Waals surface area (Å²) in [4.78, 5) is 0. The molecule has 0 N–H and O–H groups in total. The van der Waals surface area contributed by atoms with E-state index < -0.39 is 0 Å². The molecule has 0 aliphatic carbocycles. The molecule has 2 heteroatoms. The lowest BCUT2D eigenvalue weighted by Gasteiger charge is -2.13. The van der Waals surface area contributed by atoms with Crippen LogP contribution in [0.5, 0.6) is 0 Å². The van der Waals surface area contributed by atoms with Crippen molar-refractivity contribution >= 4 is 15.9 Å². The quantitative estimate of drug-likeness (QED) is 0.599. The molecule has 1 aliphatic heterocycles. The van der Waals surface area contributed by atoms with Gasteiger partial charge in [0.15, 0.2) is 0 Å². The molecule has 1 fully saturated rings. The van der Waals surface area contributed by atoms with Gasteiger partial charge < -0.3 is 4.74 Å². The van der Waals surface area contributed by atoms with Crippen molar-refractivity contribution in [1.82, 2.24) is 0 Å². The summed E-state index contributed by atoms with van der Waals surface area (Å²) in [5.74, 6) is 0. The summed E-state index contributed by atoms with van der Waals surface area (Å²) in [5.41, 5.74) is 1.90. The third kappa shape index (κ3) is 1.91. The zero-order chi connectivity index (χ0) is 11.6. The lowest BCUT2D eigenvalue weighted by molar-refractivity contribution is 0.348. The first kappa shape index (κ1) is 11.4. The number of hydrogen-bond donors (Lipinski definition) is 0. The fraction of sp³-hybridized carbons (Fsp3) is 0.143. The van der Waals surface area contributed by atoms with E-state index in [0.29, 0.717) is 6.61 Å². The maximum Gasteiger partial charge on any atom is 0.142 e. The van der Waals surface area contributed by atoms with Gasteiger partial charge in [-0.15, -0.1) is 0 Å². The van der Waals surface area contributed by atoms with Crippen molar-refractivity contribution in [2.45, 2.75) is 5.60 Å². The van der Waals surface area contributed by atoms with Gasteiger partial charge >= 0.3 is 0 Å². The molecule has 0 bridgehead atoms. The van der Waals surface area contributed by atoms with Crippen LogP contribution in [0.15, 0.2) is 65.7 Å². The first-order valence-corrected chi connectivity index (χ1v) is 5.88. The van der Waals surface area contributed by atoms with E-state index in [1.807, 2.05) is 24.3 Å². The van der Waals surface area contributed by atoms with Crippen molar-refractivity contribution in [1.29, 1.82) is 0 Å². The van der Waals surface area contributed by atoms with Gasteiger partial charge in [0.05, 0.1) is 6.61 Å². The first-order valence-electron chi connectivity index (χ1n) is 5.08. The molecule has 0 spiro atoms. The second-order valence-electron chi connectivity index (χ2n) is 3.69. The SMILES string of the molecule is C=CC=C(C=C)C1(c2cccc(Br)c2)CO1. The molecule has 2 rings (SSSR count). The Balaban J connectivity index is 2.43. The van der Waals surface area contributed by atoms with E-state index in [1.54, 1.807) is 6.08 Å². The Labute approximate surface area is 104 Å². The number of epoxide rings is 1. The van der Waals surface area contributed by atoms with Gasteiger partial charge in [-0.05, 0) is 23.3 Å². The first-order chi connectivity index (χ1) is 7.73. The van der Waals surface area contributed by atoms with E-state index in [0.717, 1.165) is 15.6 Å². The number of allylic oxidation sites excluding steroid dienone is 2. The van der Waals surface area contributed by atoms with Crippen molar-refractivity contribution in [3.8, 4) is 0 Å². The summed E-state index contributed by atoms with van der Waals surface area (Å²) in [6, 6.07) is 8.16. The number of rotatable bonds is 4. The Morgan fingerprint density at radius 1 is 1.44 bits per heavy atom. The smallest absolute Gasteiger partial charge is 0.142 e. The number of halogens is 1. The van der Waals surface area contributed by atoms with Crippen LogP contribution in [0.3, 0.4) is 0 Å². The molecule has 1 saturated heterocycles. The molecule has 1 aromatic rings. The van der Waals surface area contributed by atoms with Crippen LogP contribution < -0.4 is 0 Å². The second-order valence-corrected chi connectivity index (χ2v) is 4.60. The summed E-state index contributed by atoms with van der Waals surface area (Å²) in [5, 5.41) is 0. The van der Waals surface area contributed by atoms with Gasteiger partial charge in [0.2, 0.25) is 0 Å². The topological polar surface area (TPSA) is 12.5 Å². The van der Waals surface area contributed by atoms with E-state index in [1.165, 1.54) is 0 Å². The molecule has 1 aliphatic rings. The molecule has 1 nitrogen and oxygen atoms in total. The van der Waals surface area contributed by atoms with E-state index in [9.17, 15) is 0 Å². The zero-order valence-corrected chi connectivity index (χ0v) is 10.5. The minimum Gasteiger partial charge on any atom is -0.359 e. The van der Waals surface area contributed by atoms with Crippen LogP contribution in [-0.4, -0.2) is 6.61 Å². The molecule has 0 radical (unpaired) electrons. The Morgan fingerprint density at radius 2 is 2.19 bits per heavy atom. The molecule has 0 saturated carbocycles. The molecule has 1 atom stereocenters. The van der Waals surface area contributed by atoms with E-state index in [2.05, 4.69) is 41.2 Å². The molecule has 1 unspecified atom stereocenters. The number of hydrogen-bond acceptors (Lipinski definition) is 1. The molecule has 16 heavy (non-hydrogen) atoms. The monoisotopic (exact) mass is 276 g/mol. The minimum absolute atomic E-state index is 0.306. The molecular formula is C14H13BrO. The number of ether oxygens (including phenoxy) is 1. The predicted molar refractivity (Wildman–Crippen MR) is 70.2 cm³/mol. The van der Waals surface area contributed by atoms with E-state index in [-0.39, 0.29) is 5.60 Å². The zero-order valence-electron chi connectivity index (χ0n) is 8.95. The van der Waals surface area contributed by atoms with Crippen LogP contribution in [0, 0.1) is 0 Å². The van der Waals surface area contributed by atoms with Gasteiger partial charge in [-0.2, -0.15) is 0 Å². The molecule has 1 heterocycles. The Kier molecular flexibility index (Phi) is 3.13. The predicted octanol–water partition coefficient (Wildman–Crippen LogP) is 3.97. The van der Waals surface area contributed by atoms with Gasteiger partial charge in [-0.1, -0.05) is 59.4 Å². The van der Waals surface area contributed by atoms with Gasteiger partial charge in [0.25, 0.3) is 0 Å². The van der Waals surface area contributed by atoms with E-state index in [4.69, 9.17) is 4.74 Å².